The summed E-state index contributed by atoms with van der Waals surface area (Å²) >= 11 is 6.26. The molecule has 0 saturated carbocycles. The second-order valence-electron chi connectivity index (χ2n) is 9.09. The topological polar surface area (TPSA) is 67.4 Å². The Balaban J connectivity index is 1.74. The Labute approximate surface area is 195 Å². The van der Waals surface area contributed by atoms with E-state index in [1.807, 2.05) is 57.2 Å². The molecule has 1 aliphatic rings. The number of hydrogen-bond acceptors (Lipinski definition) is 3. The van der Waals surface area contributed by atoms with Crippen LogP contribution >= 0.6 is 11.6 Å². The fourth-order valence-corrected chi connectivity index (χ4v) is 4.48. The van der Waals surface area contributed by atoms with Gasteiger partial charge in [-0.25, -0.2) is 0 Å². The zero-order valence-corrected chi connectivity index (χ0v) is 19.9. The van der Waals surface area contributed by atoms with E-state index in [1.165, 1.54) is 0 Å². The lowest BCUT2D eigenvalue weighted by Gasteiger charge is -2.38. The van der Waals surface area contributed by atoms with Gasteiger partial charge in [-0.3, -0.25) is 9.59 Å². The summed E-state index contributed by atoms with van der Waals surface area (Å²) in [5.74, 6) is -0.124. The number of carbonyl (C=O) groups excluding carboxylic acids is 2. The Morgan fingerprint density at radius 2 is 1.81 bits per heavy atom. The molecule has 0 aliphatic carbocycles. The minimum Gasteiger partial charge on any atom is -0.381 e. The Morgan fingerprint density at radius 3 is 2.47 bits per heavy atom. The van der Waals surface area contributed by atoms with Gasteiger partial charge in [0.2, 0.25) is 5.91 Å². The minimum absolute atomic E-state index is 0.159. The zero-order valence-electron chi connectivity index (χ0n) is 19.1. The second kappa shape index (κ2) is 11.0. The molecule has 0 bridgehead atoms. The first-order chi connectivity index (χ1) is 15.3. The van der Waals surface area contributed by atoms with Crippen LogP contribution in [0.5, 0.6) is 0 Å². The van der Waals surface area contributed by atoms with E-state index in [2.05, 4.69) is 16.7 Å². The molecule has 5 nitrogen and oxygen atoms in total. The predicted octanol–water partition coefficient (Wildman–Crippen LogP) is 4.66. The van der Waals surface area contributed by atoms with E-state index in [1.54, 1.807) is 6.07 Å². The fourth-order valence-electron chi connectivity index (χ4n) is 4.29. The first-order valence-corrected chi connectivity index (χ1v) is 11.7. The number of rotatable bonds is 8. The summed E-state index contributed by atoms with van der Waals surface area (Å²) in [6, 6.07) is 14.7. The molecule has 1 atom stereocenters. The van der Waals surface area contributed by atoms with Crippen LogP contribution in [-0.4, -0.2) is 37.6 Å². The van der Waals surface area contributed by atoms with Crippen molar-refractivity contribution in [2.75, 3.05) is 19.8 Å². The highest BCUT2D eigenvalue weighted by Gasteiger charge is 2.36. The quantitative estimate of drug-likeness (QED) is 0.607. The highest BCUT2D eigenvalue weighted by molar-refractivity contribution is 6.30. The van der Waals surface area contributed by atoms with Crippen molar-refractivity contribution < 1.29 is 14.3 Å². The van der Waals surface area contributed by atoms with Crippen LogP contribution in [0, 0.1) is 12.8 Å². The molecule has 0 aromatic heterocycles. The van der Waals surface area contributed by atoms with Crippen LogP contribution in [0.25, 0.3) is 0 Å². The van der Waals surface area contributed by atoms with Crippen molar-refractivity contribution in [1.82, 2.24) is 10.6 Å². The Hall–Kier alpha value is -2.37. The van der Waals surface area contributed by atoms with Gasteiger partial charge < -0.3 is 15.4 Å². The van der Waals surface area contributed by atoms with Crippen molar-refractivity contribution in [1.29, 1.82) is 0 Å². The van der Waals surface area contributed by atoms with Gasteiger partial charge in [-0.15, -0.1) is 0 Å². The molecule has 2 amide bonds. The molecular formula is C26H33ClN2O3. The molecule has 1 aliphatic heterocycles. The predicted molar refractivity (Wildman–Crippen MR) is 128 cm³/mol. The summed E-state index contributed by atoms with van der Waals surface area (Å²) in [6.45, 7) is 7.75. The molecular weight excluding hydrogens is 424 g/mol. The molecule has 2 aromatic rings. The Bertz CT molecular complexity index is 938. The molecule has 6 heteroatoms. The molecule has 0 radical (unpaired) electrons. The third kappa shape index (κ3) is 6.11. The molecule has 1 saturated heterocycles. The van der Waals surface area contributed by atoms with Crippen LogP contribution in [-0.2, 0) is 14.9 Å². The van der Waals surface area contributed by atoms with Gasteiger partial charge in [0.15, 0.2) is 0 Å². The highest BCUT2D eigenvalue weighted by Crippen LogP contribution is 2.35. The third-order valence-corrected chi connectivity index (χ3v) is 6.44. The Kier molecular flexibility index (Phi) is 8.32. The smallest absolute Gasteiger partial charge is 0.252 e. The molecule has 172 valence electrons. The summed E-state index contributed by atoms with van der Waals surface area (Å²) in [7, 11) is 0. The van der Waals surface area contributed by atoms with E-state index < -0.39 is 6.04 Å². The summed E-state index contributed by atoms with van der Waals surface area (Å²) in [5, 5.41) is 6.78. The zero-order chi connectivity index (χ0) is 23.1. The third-order valence-electron chi connectivity index (χ3n) is 6.21. The van der Waals surface area contributed by atoms with E-state index in [0.717, 1.165) is 24.0 Å². The van der Waals surface area contributed by atoms with Crippen LogP contribution in [0.3, 0.4) is 0 Å². The van der Waals surface area contributed by atoms with Crippen molar-refractivity contribution in [3.8, 4) is 0 Å². The minimum atomic E-state index is -0.599. The van der Waals surface area contributed by atoms with Crippen LogP contribution in [0.4, 0.5) is 0 Å². The highest BCUT2D eigenvalue weighted by atomic mass is 35.5. The van der Waals surface area contributed by atoms with Gasteiger partial charge in [0.05, 0.1) is 0 Å². The summed E-state index contributed by atoms with van der Waals surface area (Å²) < 4.78 is 5.59. The number of hydrogen-bond donors (Lipinski definition) is 2. The van der Waals surface area contributed by atoms with Gasteiger partial charge in [0.1, 0.15) is 6.04 Å². The van der Waals surface area contributed by atoms with Crippen LogP contribution in [0.2, 0.25) is 5.02 Å². The Morgan fingerprint density at radius 1 is 1.09 bits per heavy atom. The normalized spacial score (nSPS) is 16.4. The summed E-state index contributed by atoms with van der Waals surface area (Å²) in [4.78, 5) is 26.1. The number of benzene rings is 2. The fraction of sp³-hybridized carbons (Fsp3) is 0.462. The van der Waals surface area contributed by atoms with Crippen molar-refractivity contribution >= 4 is 23.4 Å². The number of ether oxygens (including phenoxy) is 1. The first-order valence-electron chi connectivity index (χ1n) is 11.3. The van der Waals surface area contributed by atoms with Crippen LogP contribution in [0.1, 0.15) is 54.6 Å². The number of carbonyl (C=O) groups is 2. The van der Waals surface area contributed by atoms with E-state index in [4.69, 9.17) is 16.3 Å². The number of halogens is 1. The second-order valence-corrected chi connectivity index (χ2v) is 9.53. The van der Waals surface area contributed by atoms with Crippen LogP contribution < -0.4 is 10.6 Å². The largest absolute Gasteiger partial charge is 0.381 e. The average molecular weight is 457 g/mol. The maximum absolute atomic E-state index is 13.2. The number of amides is 2. The average Bonchev–Trinajstić information content (AvgIpc) is 2.77. The lowest BCUT2D eigenvalue weighted by Crippen LogP contribution is -2.51. The number of aryl methyl sites for hydroxylation is 1. The summed E-state index contributed by atoms with van der Waals surface area (Å²) in [6.07, 6.45) is 2.17. The van der Waals surface area contributed by atoms with Crippen molar-refractivity contribution in [2.24, 2.45) is 5.92 Å². The van der Waals surface area contributed by atoms with Crippen LogP contribution in [0.15, 0.2) is 48.5 Å². The monoisotopic (exact) mass is 456 g/mol. The molecule has 1 fully saturated rings. The SMILES string of the molecule is Cc1ccccc1C(=O)NC(CC(C)C)C(=O)NCC1(c2cccc(Cl)c2)CCOCC1. The molecule has 3 rings (SSSR count). The van der Waals surface area contributed by atoms with Gasteiger partial charge in [-0.05, 0) is 61.4 Å². The molecule has 1 unspecified atom stereocenters. The molecule has 0 spiro atoms. The molecule has 2 aromatic carbocycles. The van der Waals surface area contributed by atoms with Crippen molar-refractivity contribution in [3.63, 3.8) is 0 Å². The van der Waals surface area contributed by atoms with Gasteiger partial charge in [-0.1, -0.05) is 55.8 Å². The lowest BCUT2D eigenvalue weighted by molar-refractivity contribution is -0.123. The van der Waals surface area contributed by atoms with Crippen molar-refractivity contribution in [3.05, 3.63) is 70.2 Å². The lowest BCUT2D eigenvalue weighted by atomic mass is 9.74. The van der Waals surface area contributed by atoms with Gasteiger partial charge >= 0.3 is 0 Å². The number of nitrogens with one attached hydrogen (secondary N) is 2. The summed E-state index contributed by atoms with van der Waals surface area (Å²) in [5.41, 5.74) is 2.35. The van der Waals surface area contributed by atoms with Gasteiger partial charge in [-0.2, -0.15) is 0 Å². The standard InChI is InChI=1S/C26H33ClN2O3/c1-18(2)15-23(29-24(30)22-10-5-4-7-19(22)3)25(31)28-17-26(11-13-32-14-12-26)20-8-6-9-21(27)16-20/h4-10,16,18,23H,11-15,17H2,1-3H3,(H,28,31)(H,29,30). The van der Waals surface area contributed by atoms with E-state index in [0.29, 0.717) is 36.8 Å². The van der Waals surface area contributed by atoms with Gasteiger partial charge in [0.25, 0.3) is 5.91 Å². The maximum atomic E-state index is 13.2. The maximum Gasteiger partial charge on any atom is 0.252 e. The van der Waals surface area contributed by atoms with E-state index in [9.17, 15) is 9.59 Å². The molecule has 1 heterocycles. The van der Waals surface area contributed by atoms with Gasteiger partial charge in [0, 0.05) is 35.8 Å². The molecule has 2 N–H and O–H groups in total. The van der Waals surface area contributed by atoms with E-state index in [-0.39, 0.29) is 23.1 Å². The van der Waals surface area contributed by atoms with E-state index >= 15 is 0 Å². The molecule has 32 heavy (non-hydrogen) atoms. The first kappa shape index (κ1) is 24.3. The van der Waals surface area contributed by atoms with Crippen molar-refractivity contribution in [2.45, 2.75) is 51.5 Å².